The second-order valence-electron chi connectivity index (χ2n) is 7.15. The number of hydrogen-bond acceptors (Lipinski definition) is 5. The summed E-state index contributed by atoms with van der Waals surface area (Å²) in [5, 5.41) is 12.1. The first kappa shape index (κ1) is 20.2. The summed E-state index contributed by atoms with van der Waals surface area (Å²) < 4.78 is 0. The van der Waals surface area contributed by atoms with E-state index in [2.05, 4.69) is 20.4 Å². The summed E-state index contributed by atoms with van der Waals surface area (Å²) in [6.45, 7) is 2.08. The maximum atomic E-state index is 12.7. The van der Waals surface area contributed by atoms with Crippen LogP contribution in [0.1, 0.15) is 49.0 Å². The van der Waals surface area contributed by atoms with Crippen molar-refractivity contribution in [1.82, 2.24) is 20.4 Å². The molecule has 0 aliphatic carbocycles. The molecule has 25 heavy (non-hydrogen) atoms. The first-order valence-corrected chi connectivity index (χ1v) is 8.82. The molecule has 0 saturated carbocycles. The van der Waals surface area contributed by atoms with Crippen LogP contribution < -0.4 is 10.2 Å². The maximum Gasteiger partial charge on any atom is 0.274 e. The topological polar surface area (TPSA) is 61.4 Å². The fraction of sp³-hybridized carbons (Fsp3) is 0.706. The molecule has 2 bridgehead atoms. The Balaban J connectivity index is 0.00000113. The summed E-state index contributed by atoms with van der Waals surface area (Å²) >= 11 is 0. The third kappa shape index (κ3) is 4.18. The van der Waals surface area contributed by atoms with Crippen LogP contribution in [0, 0.1) is 0 Å². The van der Waals surface area contributed by atoms with E-state index in [1.807, 2.05) is 24.1 Å². The molecule has 0 spiro atoms. The van der Waals surface area contributed by atoms with Crippen LogP contribution in [0.3, 0.4) is 0 Å². The average molecular weight is 388 g/mol. The van der Waals surface area contributed by atoms with Crippen LogP contribution in [0.5, 0.6) is 0 Å². The van der Waals surface area contributed by atoms with Gasteiger partial charge >= 0.3 is 0 Å². The molecule has 1 N–H and O–H groups in total. The molecule has 3 fully saturated rings. The Morgan fingerprint density at radius 2 is 1.76 bits per heavy atom. The van der Waals surface area contributed by atoms with E-state index >= 15 is 0 Å². The van der Waals surface area contributed by atoms with E-state index in [-0.39, 0.29) is 30.7 Å². The number of fused-ring (bicyclic) bond motifs is 2. The molecule has 6 nitrogen and oxygen atoms in total. The lowest BCUT2D eigenvalue weighted by molar-refractivity contribution is 0.0674. The largest absolute Gasteiger partial charge is 0.355 e. The Hall–Kier alpha value is -1.11. The van der Waals surface area contributed by atoms with Gasteiger partial charge in [0.25, 0.3) is 5.91 Å². The average Bonchev–Trinajstić information content (AvgIpc) is 3.23. The molecule has 0 aromatic carbocycles. The molecule has 1 aromatic heterocycles. The first-order valence-electron chi connectivity index (χ1n) is 8.82. The fourth-order valence-corrected chi connectivity index (χ4v) is 4.24. The lowest BCUT2D eigenvalue weighted by atomic mass is 9.98. The summed E-state index contributed by atoms with van der Waals surface area (Å²) in [6, 6.07) is 5.25. The van der Waals surface area contributed by atoms with Crippen LogP contribution in [-0.4, -0.2) is 59.3 Å². The van der Waals surface area contributed by atoms with Gasteiger partial charge in [-0.05, 0) is 50.7 Å². The van der Waals surface area contributed by atoms with E-state index in [1.165, 1.54) is 25.7 Å². The van der Waals surface area contributed by atoms with Crippen LogP contribution >= 0.6 is 24.8 Å². The van der Waals surface area contributed by atoms with E-state index in [9.17, 15) is 4.79 Å². The second-order valence-corrected chi connectivity index (χ2v) is 7.15. The molecule has 4 heterocycles. The number of carbonyl (C=O) groups excluding carboxylic acids is 1. The predicted octanol–water partition coefficient (Wildman–Crippen LogP) is 2.28. The van der Waals surface area contributed by atoms with Crippen molar-refractivity contribution in [3.8, 4) is 0 Å². The summed E-state index contributed by atoms with van der Waals surface area (Å²) in [6.07, 6.45) is 7.02. The molecule has 1 amide bonds. The van der Waals surface area contributed by atoms with Gasteiger partial charge in [-0.3, -0.25) is 4.79 Å². The van der Waals surface area contributed by atoms with Crippen molar-refractivity contribution in [2.24, 2.45) is 0 Å². The Labute approximate surface area is 161 Å². The normalized spacial score (nSPS) is 27.4. The van der Waals surface area contributed by atoms with Gasteiger partial charge in [-0.1, -0.05) is 0 Å². The Bertz CT molecular complexity index is 567. The number of hydrogen-bond donors (Lipinski definition) is 1. The molecular formula is C17H27Cl2N5O. The zero-order valence-electron chi connectivity index (χ0n) is 14.6. The molecule has 0 radical (unpaired) electrons. The van der Waals surface area contributed by atoms with Crippen LogP contribution in [0.4, 0.5) is 5.82 Å². The number of rotatable bonds is 3. The monoisotopic (exact) mass is 387 g/mol. The molecular weight excluding hydrogens is 361 g/mol. The number of amides is 1. The number of piperidine rings is 1. The maximum absolute atomic E-state index is 12.7. The Morgan fingerprint density at radius 3 is 2.32 bits per heavy atom. The van der Waals surface area contributed by atoms with Crippen LogP contribution in [0.2, 0.25) is 0 Å². The summed E-state index contributed by atoms with van der Waals surface area (Å²) in [7, 11) is 1.91. The molecule has 4 rings (SSSR count). The summed E-state index contributed by atoms with van der Waals surface area (Å²) in [4.78, 5) is 16.8. The standard InChI is InChI=1S/C17H25N5O.2ClH/c1-21(14-10-12-4-5-13(11-14)18-12)17(23)15-6-7-16(20-19-15)22-8-2-3-9-22;;/h6-7,12-14,18H,2-5,8-11H2,1H3;2*1H. The van der Waals surface area contributed by atoms with Crippen molar-refractivity contribution in [1.29, 1.82) is 0 Å². The minimum Gasteiger partial charge on any atom is -0.355 e. The molecule has 140 valence electrons. The van der Waals surface area contributed by atoms with Crippen molar-refractivity contribution in [3.63, 3.8) is 0 Å². The van der Waals surface area contributed by atoms with E-state index in [0.717, 1.165) is 31.7 Å². The lowest BCUT2D eigenvalue weighted by Crippen LogP contribution is -2.48. The number of anilines is 1. The molecule has 3 saturated heterocycles. The highest BCUT2D eigenvalue weighted by Crippen LogP contribution is 2.29. The zero-order chi connectivity index (χ0) is 15.8. The van der Waals surface area contributed by atoms with Gasteiger partial charge in [0, 0.05) is 38.3 Å². The Morgan fingerprint density at radius 1 is 1.12 bits per heavy atom. The number of aromatic nitrogens is 2. The predicted molar refractivity (Wildman–Crippen MR) is 103 cm³/mol. The van der Waals surface area contributed by atoms with Crippen molar-refractivity contribution >= 4 is 36.5 Å². The van der Waals surface area contributed by atoms with Gasteiger partial charge in [-0.2, -0.15) is 0 Å². The summed E-state index contributed by atoms with van der Waals surface area (Å²) in [5.74, 6) is 0.887. The third-order valence-electron chi connectivity index (χ3n) is 5.62. The highest BCUT2D eigenvalue weighted by Gasteiger charge is 2.36. The smallest absolute Gasteiger partial charge is 0.274 e. The van der Waals surface area contributed by atoms with Gasteiger partial charge in [0.05, 0.1) is 0 Å². The van der Waals surface area contributed by atoms with E-state index < -0.39 is 0 Å². The van der Waals surface area contributed by atoms with Crippen LogP contribution in [0.15, 0.2) is 12.1 Å². The number of nitrogens with one attached hydrogen (secondary N) is 1. The second kappa shape index (κ2) is 8.52. The minimum absolute atomic E-state index is 0. The quantitative estimate of drug-likeness (QED) is 0.861. The Kier molecular flexibility index (Phi) is 6.88. The van der Waals surface area contributed by atoms with E-state index in [4.69, 9.17) is 0 Å². The van der Waals surface area contributed by atoms with Crippen molar-refractivity contribution < 1.29 is 4.79 Å². The van der Waals surface area contributed by atoms with Crippen molar-refractivity contribution in [2.45, 2.75) is 56.7 Å². The molecule has 3 aliphatic rings. The third-order valence-corrected chi connectivity index (χ3v) is 5.62. The molecule has 8 heteroatoms. The van der Waals surface area contributed by atoms with E-state index in [1.54, 1.807) is 0 Å². The SMILES string of the molecule is CN(C(=O)c1ccc(N2CCCC2)nn1)C1CC2CCC(C1)N2.Cl.Cl. The number of carbonyl (C=O) groups is 1. The summed E-state index contributed by atoms with van der Waals surface area (Å²) in [5.41, 5.74) is 0.460. The fourth-order valence-electron chi connectivity index (χ4n) is 4.24. The van der Waals surface area contributed by atoms with Gasteiger partial charge in [0.15, 0.2) is 11.5 Å². The first-order chi connectivity index (χ1) is 11.2. The molecule has 2 atom stereocenters. The van der Waals surface area contributed by atoms with Gasteiger partial charge in [-0.15, -0.1) is 35.0 Å². The van der Waals surface area contributed by atoms with Crippen molar-refractivity contribution in [2.75, 3.05) is 25.0 Å². The van der Waals surface area contributed by atoms with Gasteiger partial charge in [0.2, 0.25) is 0 Å². The van der Waals surface area contributed by atoms with Crippen LogP contribution in [-0.2, 0) is 0 Å². The van der Waals surface area contributed by atoms with Gasteiger partial charge < -0.3 is 15.1 Å². The van der Waals surface area contributed by atoms with E-state index in [0.29, 0.717) is 23.8 Å². The zero-order valence-corrected chi connectivity index (χ0v) is 16.2. The van der Waals surface area contributed by atoms with Gasteiger partial charge in [0.1, 0.15) is 0 Å². The van der Waals surface area contributed by atoms with Crippen LogP contribution in [0.25, 0.3) is 0 Å². The minimum atomic E-state index is -0.00299. The highest BCUT2D eigenvalue weighted by atomic mass is 35.5. The van der Waals surface area contributed by atoms with Gasteiger partial charge in [-0.25, -0.2) is 0 Å². The number of halogens is 2. The highest BCUT2D eigenvalue weighted by molar-refractivity contribution is 5.92. The number of nitrogens with zero attached hydrogens (tertiary/aromatic N) is 4. The molecule has 2 unspecified atom stereocenters. The molecule has 1 aromatic rings. The molecule has 3 aliphatic heterocycles. The lowest BCUT2D eigenvalue weighted by Gasteiger charge is -2.35. The van der Waals surface area contributed by atoms with Crippen molar-refractivity contribution in [3.05, 3.63) is 17.8 Å².